The normalized spacial score (nSPS) is 9.62. The number of anilines is 1. The summed E-state index contributed by atoms with van der Waals surface area (Å²) in [5, 5.41) is 0.443. The zero-order valence-corrected chi connectivity index (χ0v) is 14.3. The van der Waals surface area contributed by atoms with E-state index in [1.165, 1.54) is 13.2 Å². The quantitative estimate of drug-likeness (QED) is 0.613. The highest BCUT2D eigenvalue weighted by Gasteiger charge is 2.13. The van der Waals surface area contributed by atoms with Crippen LogP contribution in [0.2, 0.25) is 5.02 Å². The molecule has 2 rings (SSSR count). The second kappa shape index (κ2) is 8.85. The van der Waals surface area contributed by atoms with Crippen molar-refractivity contribution >= 4 is 23.3 Å². The van der Waals surface area contributed by atoms with Gasteiger partial charge in [0.1, 0.15) is 17.9 Å². The van der Waals surface area contributed by atoms with E-state index < -0.39 is 5.97 Å². The average Bonchev–Trinajstić information content (AvgIpc) is 2.62. The molecule has 0 aliphatic heterocycles. The van der Waals surface area contributed by atoms with E-state index >= 15 is 0 Å². The summed E-state index contributed by atoms with van der Waals surface area (Å²) in [6.45, 7) is 0.756. The van der Waals surface area contributed by atoms with Crippen LogP contribution in [0, 0.1) is 11.8 Å². The van der Waals surface area contributed by atoms with E-state index in [4.69, 9.17) is 21.1 Å². The van der Waals surface area contributed by atoms with E-state index in [1.54, 1.807) is 12.1 Å². The molecule has 124 valence electrons. The molecule has 24 heavy (non-hydrogen) atoms. The fraction of sp³-hybridized carbons (Fsp3) is 0.211. The van der Waals surface area contributed by atoms with Gasteiger partial charge in [0.2, 0.25) is 0 Å². The first-order chi connectivity index (χ1) is 11.6. The molecule has 0 aliphatic rings. The molecule has 0 aromatic heterocycles. The van der Waals surface area contributed by atoms with Gasteiger partial charge >= 0.3 is 5.97 Å². The molecule has 0 fully saturated rings. The van der Waals surface area contributed by atoms with Crippen LogP contribution in [-0.2, 0) is 4.74 Å². The molecule has 4 nitrogen and oxygen atoms in total. The molecule has 2 aromatic rings. The van der Waals surface area contributed by atoms with E-state index in [0.717, 1.165) is 5.69 Å². The summed E-state index contributed by atoms with van der Waals surface area (Å²) in [7, 11) is 3.28. The fourth-order valence-corrected chi connectivity index (χ4v) is 2.18. The molecular weight excluding hydrogens is 326 g/mol. The molecule has 0 atom stereocenters. The number of esters is 1. The number of rotatable bonds is 5. The molecule has 0 saturated carbocycles. The third-order valence-corrected chi connectivity index (χ3v) is 3.52. The van der Waals surface area contributed by atoms with Crippen molar-refractivity contribution in [2.45, 2.75) is 0 Å². The fourth-order valence-electron chi connectivity index (χ4n) is 2.01. The van der Waals surface area contributed by atoms with Crippen molar-refractivity contribution in [1.82, 2.24) is 0 Å². The number of hydrogen-bond donors (Lipinski definition) is 0. The number of carbonyl (C=O) groups excluding carboxylic acids is 1. The maximum Gasteiger partial charge on any atom is 0.341 e. The van der Waals surface area contributed by atoms with Crippen LogP contribution in [0.5, 0.6) is 5.75 Å². The van der Waals surface area contributed by atoms with Crippen molar-refractivity contribution in [3.05, 3.63) is 59.1 Å². The zero-order chi connectivity index (χ0) is 17.4. The van der Waals surface area contributed by atoms with Crippen molar-refractivity contribution < 1.29 is 14.3 Å². The minimum atomic E-state index is -0.496. The lowest BCUT2D eigenvalue weighted by Crippen LogP contribution is -2.17. The summed E-state index contributed by atoms with van der Waals surface area (Å²) < 4.78 is 10.3. The maximum atomic E-state index is 11.7. The van der Waals surface area contributed by atoms with Gasteiger partial charge in [-0.3, -0.25) is 0 Å². The van der Waals surface area contributed by atoms with E-state index in [0.29, 0.717) is 17.3 Å². The predicted molar refractivity (Wildman–Crippen MR) is 95.8 cm³/mol. The predicted octanol–water partition coefficient (Wildman–Crippen LogP) is 3.65. The Kier molecular flexibility index (Phi) is 6.53. The molecule has 0 saturated heterocycles. The second-order valence-electron chi connectivity index (χ2n) is 4.97. The van der Waals surface area contributed by atoms with E-state index in [1.807, 2.05) is 42.3 Å². The molecular formula is C19H18ClNO3. The van der Waals surface area contributed by atoms with E-state index in [-0.39, 0.29) is 12.2 Å². The minimum absolute atomic E-state index is 0.175. The van der Waals surface area contributed by atoms with Crippen molar-refractivity contribution in [2.75, 3.05) is 32.2 Å². The standard InChI is InChI=1S/C19H18ClNO3/c1-21(16-8-4-3-5-9-16)12-6-7-13-24-18-11-10-15(20)14-17(18)19(22)23-2/h3-5,8-11,14H,12-13H2,1-2H3. The van der Waals surface area contributed by atoms with Gasteiger partial charge in [0.05, 0.1) is 13.7 Å². The summed E-state index contributed by atoms with van der Waals surface area (Å²) in [6, 6.07) is 14.8. The molecule has 0 radical (unpaired) electrons. The summed E-state index contributed by atoms with van der Waals surface area (Å²) in [5.41, 5.74) is 1.38. The molecule has 0 spiro atoms. The topological polar surface area (TPSA) is 38.8 Å². The van der Waals surface area contributed by atoms with Crippen LogP contribution in [0.4, 0.5) is 5.69 Å². The number of nitrogens with zero attached hydrogens (tertiary/aromatic N) is 1. The van der Waals surface area contributed by atoms with Gasteiger partial charge in [-0.15, -0.1) is 0 Å². The lowest BCUT2D eigenvalue weighted by atomic mass is 10.2. The number of hydrogen-bond acceptors (Lipinski definition) is 4. The lowest BCUT2D eigenvalue weighted by molar-refractivity contribution is 0.0596. The molecule has 5 heteroatoms. The number of para-hydroxylation sites is 1. The first-order valence-electron chi connectivity index (χ1n) is 7.34. The highest BCUT2D eigenvalue weighted by Crippen LogP contribution is 2.23. The Bertz CT molecular complexity index is 750. The average molecular weight is 344 g/mol. The molecule has 0 amide bonds. The smallest absolute Gasteiger partial charge is 0.341 e. The Hall–Kier alpha value is -2.64. The number of methoxy groups -OCH3 is 1. The highest BCUT2D eigenvalue weighted by atomic mass is 35.5. The molecule has 0 heterocycles. The van der Waals surface area contributed by atoms with E-state index in [9.17, 15) is 4.79 Å². The Morgan fingerprint density at radius 3 is 2.62 bits per heavy atom. The zero-order valence-electron chi connectivity index (χ0n) is 13.6. The van der Waals surface area contributed by atoms with Gasteiger partial charge in [-0.1, -0.05) is 41.6 Å². The molecule has 0 N–H and O–H groups in total. The van der Waals surface area contributed by atoms with Crippen LogP contribution in [-0.4, -0.2) is 33.3 Å². The summed E-state index contributed by atoms with van der Waals surface area (Å²) >= 11 is 5.90. The minimum Gasteiger partial charge on any atom is -0.480 e. The molecule has 2 aromatic carbocycles. The highest BCUT2D eigenvalue weighted by molar-refractivity contribution is 6.31. The van der Waals surface area contributed by atoms with Crippen molar-refractivity contribution in [3.8, 4) is 17.6 Å². The van der Waals surface area contributed by atoms with Crippen LogP contribution < -0.4 is 9.64 Å². The Morgan fingerprint density at radius 2 is 1.92 bits per heavy atom. The van der Waals surface area contributed by atoms with Gasteiger partial charge in [-0.2, -0.15) is 0 Å². The van der Waals surface area contributed by atoms with Crippen LogP contribution in [0.1, 0.15) is 10.4 Å². The van der Waals surface area contributed by atoms with Gasteiger partial charge in [-0.25, -0.2) is 4.79 Å². The Morgan fingerprint density at radius 1 is 1.17 bits per heavy atom. The van der Waals surface area contributed by atoms with Gasteiger partial charge in [0, 0.05) is 17.8 Å². The van der Waals surface area contributed by atoms with Gasteiger partial charge < -0.3 is 14.4 Å². The monoisotopic (exact) mass is 343 g/mol. The SMILES string of the molecule is COC(=O)c1cc(Cl)ccc1OCC#CCN(C)c1ccccc1. The first-order valence-corrected chi connectivity index (χ1v) is 7.72. The first kappa shape index (κ1) is 17.7. The van der Waals surface area contributed by atoms with Crippen molar-refractivity contribution in [1.29, 1.82) is 0 Å². The van der Waals surface area contributed by atoms with Crippen LogP contribution in [0.25, 0.3) is 0 Å². The number of halogens is 1. The summed E-state index contributed by atoms with van der Waals surface area (Å²) in [5.74, 6) is 5.87. The Balaban J connectivity index is 1.92. The largest absolute Gasteiger partial charge is 0.480 e. The molecule has 0 unspecified atom stereocenters. The van der Waals surface area contributed by atoms with Crippen molar-refractivity contribution in [3.63, 3.8) is 0 Å². The number of benzene rings is 2. The third-order valence-electron chi connectivity index (χ3n) is 3.28. The second-order valence-corrected chi connectivity index (χ2v) is 5.40. The Labute approximate surface area is 146 Å². The molecule has 0 aliphatic carbocycles. The van der Waals surface area contributed by atoms with Gasteiger partial charge in [-0.05, 0) is 30.3 Å². The lowest BCUT2D eigenvalue weighted by Gasteiger charge is -2.15. The van der Waals surface area contributed by atoms with Crippen LogP contribution in [0.15, 0.2) is 48.5 Å². The summed E-state index contributed by atoms with van der Waals surface area (Å²) in [6.07, 6.45) is 0. The van der Waals surface area contributed by atoms with Crippen LogP contribution >= 0.6 is 11.6 Å². The number of carbonyl (C=O) groups is 1. The third kappa shape index (κ3) is 4.94. The maximum absolute atomic E-state index is 11.7. The summed E-state index contributed by atoms with van der Waals surface area (Å²) in [4.78, 5) is 13.8. The van der Waals surface area contributed by atoms with Crippen LogP contribution in [0.3, 0.4) is 0 Å². The van der Waals surface area contributed by atoms with Gasteiger partial charge in [0.15, 0.2) is 0 Å². The van der Waals surface area contributed by atoms with Crippen molar-refractivity contribution in [2.24, 2.45) is 0 Å². The number of ether oxygens (including phenoxy) is 2. The van der Waals surface area contributed by atoms with Gasteiger partial charge in [0.25, 0.3) is 0 Å². The molecule has 0 bridgehead atoms. The van der Waals surface area contributed by atoms with E-state index in [2.05, 4.69) is 11.8 Å².